The number of hydrogen-bond donors (Lipinski definition) is 1. The van der Waals surface area contributed by atoms with E-state index in [1.165, 1.54) is 19.1 Å². The molecule has 1 amide bonds. The summed E-state index contributed by atoms with van der Waals surface area (Å²) >= 11 is 0. The van der Waals surface area contributed by atoms with E-state index in [4.69, 9.17) is 0 Å². The molecule has 1 N–H and O–H groups in total. The lowest BCUT2D eigenvalue weighted by molar-refractivity contribution is -0.384. The normalized spacial score (nSPS) is 17.3. The van der Waals surface area contributed by atoms with Gasteiger partial charge in [-0.15, -0.1) is 0 Å². The van der Waals surface area contributed by atoms with Gasteiger partial charge in [-0.25, -0.2) is 0 Å². The van der Waals surface area contributed by atoms with Crippen LogP contribution in [0.1, 0.15) is 12.5 Å². The summed E-state index contributed by atoms with van der Waals surface area (Å²) in [6.45, 7) is 5.17. The van der Waals surface area contributed by atoms with Gasteiger partial charge in [-0.05, 0) is 18.9 Å². The molecule has 1 aliphatic rings. The van der Waals surface area contributed by atoms with Crippen LogP contribution in [0, 0.1) is 10.1 Å². The van der Waals surface area contributed by atoms with E-state index in [-0.39, 0.29) is 11.6 Å². The molecule has 1 heterocycles. The van der Waals surface area contributed by atoms with Crippen molar-refractivity contribution in [1.82, 2.24) is 9.80 Å². The zero-order valence-electron chi connectivity index (χ0n) is 12.6. The van der Waals surface area contributed by atoms with E-state index in [1.807, 2.05) is 0 Å². The minimum absolute atomic E-state index is 0.106. The van der Waals surface area contributed by atoms with Gasteiger partial charge in [-0.3, -0.25) is 19.8 Å². The molecule has 1 aliphatic heterocycles. The van der Waals surface area contributed by atoms with Crippen LogP contribution < -0.4 is 0 Å². The molecule has 1 atom stereocenters. The number of hydrogen-bond acceptors (Lipinski definition) is 5. The van der Waals surface area contributed by atoms with Crippen LogP contribution in [-0.2, 0) is 11.2 Å². The van der Waals surface area contributed by atoms with Crippen LogP contribution in [0.5, 0.6) is 0 Å². The van der Waals surface area contributed by atoms with Crippen molar-refractivity contribution in [3.63, 3.8) is 0 Å². The van der Waals surface area contributed by atoms with Crippen LogP contribution in [0.4, 0.5) is 5.69 Å². The number of aliphatic hydroxyl groups excluding tert-OH is 1. The monoisotopic (exact) mass is 307 g/mol. The number of nitrogens with zero attached hydrogens (tertiary/aromatic N) is 3. The first-order chi connectivity index (χ1) is 10.5. The smallest absolute Gasteiger partial charge is 0.269 e. The third-order valence-corrected chi connectivity index (χ3v) is 3.91. The molecule has 1 saturated heterocycles. The second-order valence-corrected chi connectivity index (χ2v) is 5.52. The Bertz CT molecular complexity index is 522. The minimum Gasteiger partial charge on any atom is -0.384 e. The first-order valence-corrected chi connectivity index (χ1v) is 7.40. The highest BCUT2D eigenvalue weighted by Gasteiger charge is 2.23. The predicted octanol–water partition coefficient (Wildman–Crippen LogP) is 0.662. The van der Waals surface area contributed by atoms with Crippen molar-refractivity contribution in [1.29, 1.82) is 0 Å². The van der Waals surface area contributed by atoms with E-state index in [1.54, 1.807) is 17.0 Å². The summed E-state index contributed by atoms with van der Waals surface area (Å²) in [7, 11) is 0. The third-order valence-electron chi connectivity index (χ3n) is 3.91. The van der Waals surface area contributed by atoms with Crippen LogP contribution in [0.15, 0.2) is 24.3 Å². The first-order valence-electron chi connectivity index (χ1n) is 7.40. The van der Waals surface area contributed by atoms with Gasteiger partial charge in [0.1, 0.15) is 6.10 Å². The highest BCUT2D eigenvalue weighted by atomic mass is 16.6. The van der Waals surface area contributed by atoms with Crippen LogP contribution >= 0.6 is 0 Å². The maximum absolute atomic E-state index is 11.7. The van der Waals surface area contributed by atoms with E-state index in [0.29, 0.717) is 13.1 Å². The zero-order valence-corrected chi connectivity index (χ0v) is 12.6. The molecule has 1 aromatic rings. The SMILES string of the molecule is C[C@@H](O)C(=O)N1CCN(CCc2ccc([N+](=O)[O-])cc2)CC1. The van der Waals surface area contributed by atoms with Gasteiger partial charge in [0.15, 0.2) is 0 Å². The molecular formula is C15H21N3O4. The quantitative estimate of drug-likeness (QED) is 0.638. The van der Waals surface area contributed by atoms with Crippen molar-refractivity contribution >= 4 is 11.6 Å². The summed E-state index contributed by atoms with van der Waals surface area (Å²) in [6.07, 6.45) is -0.117. The number of benzene rings is 1. The molecule has 1 fully saturated rings. The van der Waals surface area contributed by atoms with Gasteiger partial charge in [0.2, 0.25) is 0 Å². The number of aliphatic hydroxyl groups is 1. The summed E-state index contributed by atoms with van der Waals surface area (Å²) in [5.41, 5.74) is 1.17. The summed E-state index contributed by atoms with van der Waals surface area (Å²) in [4.78, 5) is 25.8. The number of nitro benzene ring substituents is 1. The van der Waals surface area contributed by atoms with Crippen LogP contribution in [0.2, 0.25) is 0 Å². The second-order valence-electron chi connectivity index (χ2n) is 5.52. The molecule has 1 aromatic carbocycles. The lowest BCUT2D eigenvalue weighted by Crippen LogP contribution is -2.51. The molecule has 0 spiro atoms. The van der Waals surface area contributed by atoms with E-state index in [0.717, 1.165) is 31.6 Å². The Kier molecular flexibility index (Phi) is 5.46. The number of amides is 1. The van der Waals surface area contributed by atoms with Gasteiger partial charge in [-0.1, -0.05) is 12.1 Å². The van der Waals surface area contributed by atoms with E-state index >= 15 is 0 Å². The minimum atomic E-state index is -0.938. The standard InChI is InChI=1S/C15H21N3O4/c1-12(19)15(20)17-10-8-16(9-11-17)7-6-13-2-4-14(5-3-13)18(21)22/h2-5,12,19H,6-11H2,1H3/t12-/m1/s1. The molecule has 0 saturated carbocycles. The Morgan fingerprint density at radius 3 is 2.36 bits per heavy atom. The molecule has 7 heteroatoms. The lowest BCUT2D eigenvalue weighted by Gasteiger charge is -2.35. The van der Waals surface area contributed by atoms with E-state index < -0.39 is 11.0 Å². The fourth-order valence-corrected chi connectivity index (χ4v) is 2.53. The molecule has 0 bridgehead atoms. The van der Waals surface area contributed by atoms with Gasteiger partial charge >= 0.3 is 0 Å². The van der Waals surface area contributed by atoms with Gasteiger partial charge in [-0.2, -0.15) is 0 Å². The van der Waals surface area contributed by atoms with Gasteiger partial charge in [0, 0.05) is 44.9 Å². The summed E-state index contributed by atoms with van der Waals surface area (Å²) < 4.78 is 0. The highest BCUT2D eigenvalue weighted by Crippen LogP contribution is 2.13. The van der Waals surface area contributed by atoms with Gasteiger partial charge < -0.3 is 10.0 Å². The molecule has 7 nitrogen and oxygen atoms in total. The van der Waals surface area contributed by atoms with Crippen LogP contribution in [-0.4, -0.2) is 64.6 Å². The Balaban J connectivity index is 1.77. The maximum atomic E-state index is 11.7. The van der Waals surface area contributed by atoms with Crippen molar-refractivity contribution in [3.8, 4) is 0 Å². The van der Waals surface area contributed by atoms with Crippen LogP contribution in [0.25, 0.3) is 0 Å². The van der Waals surface area contributed by atoms with Gasteiger partial charge in [0.05, 0.1) is 4.92 Å². The number of carbonyl (C=O) groups excluding carboxylic acids is 1. The van der Waals surface area contributed by atoms with Crippen molar-refractivity contribution in [3.05, 3.63) is 39.9 Å². The Morgan fingerprint density at radius 2 is 1.86 bits per heavy atom. The number of rotatable bonds is 5. The molecule has 2 rings (SSSR count). The summed E-state index contributed by atoms with van der Waals surface area (Å²) in [6, 6.07) is 6.61. The summed E-state index contributed by atoms with van der Waals surface area (Å²) in [5.74, 6) is -0.213. The average molecular weight is 307 g/mol. The maximum Gasteiger partial charge on any atom is 0.269 e. The molecule has 120 valence electrons. The van der Waals surface area contributed by atoms with Crippen molar-refractivity contribution < 1.29 is 14.8 Å². The second kappa shape index (κ2) is 7.33. The number of piperazine rings is 1. The topological polar surface area (TPSA) is 86.9 Å². The molecule has 0 radical (unpaired) electrons. The third kappa shape index (κ3) is 4.25. The van der Waals surface area contributed by atoms with Crippen LogP contribution in [0.3, 0.4) is 0 Å². The van der Waals surface area contributed by atoms with Crippen molar-refractivity contribution in [2.45, 2.75) is 19.4 Å². The van der Waals surface area contributed by atoms with E-state index in [9.17, 15) is 20.0 Å². The average Bonchev–Trinajstić information content (AvgIpc) is 2.53. The van der Waals surface area contributed by atoms with E-state index in [2.05, 4.69) is 4.90 Å². The largest absolute Gasteiger partial charge is 0.384 e. The molecule has 0 unspecified atom stereocenters. The molecular weight excluding hydrogens is 286 g/mol. The molecule has 0 aromatic heterocycles. The Morgan fingerprint density at radius 1 is 1.27 bits per heavy atom. The number of nitro groups is 1. The predicted molar refractivity (Wildman–Crippen MR) is 81.5 cm³/mol. The number of carbonyl (C=O) groups is 1. The zero-order chi connectivity index (χ0) is 16.1. The Labute approximate surface area is 129 Å². The van der Waals surface area contributed by atoms with Crippen molar-refractivity contribution in [2.75, 3.05) is 32.7 Å². The highest BCUT2D eigenvalue weighted by molar-refractivity contribution is 5.80. The molecule has 0 aliphatic carbocycles. The van der Waals surface area contributed by atoms with Crippen molar-refractivity contribution in [2.24, 2.45) is 0 Å². The first kappa shape index (κ1) is 16.4. The number of non-ortho nitro benzene ring substituents is 1. The lowest BCUT2D eigenvalue weighted by atomic mass is 10.1. The Hall–Kier alpha value is -1.99. The summed E-state index contributed by atoms with van der Waals surface area (Å²) in [5, 5.41) is 19.9. The van der Waals surface area contributed by atoms with Gasteiger partial charge in [0.25, 0.3) is 11.6 Å². The molecule has 22 heavy (non-hydrogen) atoms. The fraction of sp³-hybridized carbons (Fsp3) is 0.533. The fourth-order valence-electron chi connectivity index (χ4n) is 2.53.